The molecule has 144 valence electrons. The average Bonchev–Trinajstić information content (AvgIpc) is 3.15. The van der Waals surface area contributed by atoms with E-state index in [9.17, 15) is 9.59 Å². The Morgan fingerprint density at radius 3 is 2.54 bits per heavy atom. The van der Waals surface area contributed by atoms with Crippen LogP contribution in [-0.2, 0) is 4.74 Å². The third kappa shape index (κ3) is 4.50. The summed E-state index contributed by atoms with van der Waals surface area (Å²) in [7, 11) is 0. The number of carbonyl (C=O) groups excluding carboxylic acids is 2. The maximum atomic E-state index is 12.5. The number of amides is 2. The van der Waals surface area contributed by atoms with Gasteiger partial charge < -0.3 is 14.6 Å². The molecule has 0 aliphatic heterocycles. The Bertz CT molecular complexity index is 1020. The molecule has 7 nitrogen and oxygen atoms in total. The average molecular weight is 400 g/mol. The number of anilines is 2. The van der Waals surface area contributed by atoms with Crippen molar-refractivity contribution in [1.29, 1.82) is 0 Å². The van der Waals surface area contributed by atoms with Crippen LogP contribution < -0.4 is 10.6 Å². The molecular weight excluding hydrogens is 382 g/mol. The van der Waals surface area contributed by atoms with E-state index >= 15 is 0 Å². The van der Waals surface area contributed by atoms with Crippen molar-refractivity contribution in [1.82, 2.24) is 5.16 Å². The Morgan fingerprint density at radius 2 is 1.82 bits per heavy atom. The molecule has 0 bridgehead atoms. The van der Waals surface area contributed by atoms with Crippen LogP contribution in [0.3, 0.4) is 0 Å². The highest BCUT2D eigenvalue weighted by molar-refractivity contribution is 6.30. The molecule has 0 atom stereocenters. The first kappa shape index (κ1) is 19.4. The Balaban J connectivity index is 1.76. The summed E-state index contributed by atoms with van der Waals surface area (Å²) in [5.41, 5.74) is 2.60. The number of aromatic nitrogens is 1. The van der Waals surface area contributed by atoms with E-state index in [4.69, 9.17) is 20.9 Å². The molecule has 0 fully saturated rings. The molecule has 2 amide bonds. The van der Waals surface area contributed by atoms with Crippen molar-refractivity contribution >= 4 is 35.0 Å². The molecule has 0 spiro atoms. The van der Waals surface area contributed by atoms with E-state index in [-0.39, 0.29) is 12.3 Å². The smallest absolute Gasteiger partial charge is 0.411 e. The van der Waals surface area contributed by atoms with E-state index in [0.29, 0.717) is 27.7 Å². The summed E-state index contributed by atoms with van der Waals surface area (Å²) >= 11 is 5.98. The van der Waals surface area contributed by atoms with Crippen molar-refractivity contribution in [2.75, 3.05) is 17.2 Å². The molecule has 2 aromatic carbocycles. The number of halogens is 1. The van der Waals surface area contributed by atoms with Crippen molar-refractivity contribution < 1.29 is 18.8 Å². The van der Waals surface area contributed by atoms with E-state index in [1.54, 1.807) is 50.2 Å². The number of carbonyl (C=O) groups is 2. The summed E-state index contributed by atoms with van der Waals surface area (Å²) in [6.45, 7) is 3.76. The third-order valence-corrected chi connectivity index (χ3v) is 4.18. The van der Waals surface area contributed by atoms with Crippen LogP contribution in [0.2, 0.25) is 5.02 Å². The summed E-state index contributed by atoms with van der Waals surface area (Å²) < 4.78 is 10.1. The molecule has 0 unspecified atom stereocenters. The Hall–Kier alpha value is -3.32. The maximum absolute atomic E-state index is 12.5. The van der Waals surface area contributed by atoms with Gasteiger partial charge in [0, 0.05) is 28.0 Å². The lowest BCUT2D eigenvalue weighted by atomic mass is 10.1. The molecule has 0 saturated heterocycles. The molecule has 0 aliphatic rings. The van der Waals surface area contributed by atoms with E-state index < -0.39 is 12.0 Å². The van der Waals surface area contributed by atoms with Crippen molar-refractivity contribution in [3.05, 3.63) is 64.8 Å². The van der Waals surface area contributed by atoms with Gasteiger partial charge in [0.25, 0.3) is 5.91 Å². The van der Waals surface area contributed by atoms with Crippen LogP contribution >= 0.6 is 11.6 Å². The molecule has 8 heteroatoms. The topological polar surface area (TPSA) is 93.5 Å². The van der Waals surface area contributed by atoms with Gasteiger partial charge in [-0.25, -0.2) is 4.79 Å². The quantitative estimate of drug-likeness (QED) is 0.620. The third-order valence-electron chi connectivity index (χ3n) is 3.95. The van der Waals surface area contributed by atoms with Gasteiger partial charge in [0.1, 0.15) is 0 Å². The standard InChI is InChI=1S/C20H18ClN3O4/c1-3-27-20(26)23-16-9-5-8-15(12(16)2)22-19(25)17-11-18(28-24-17)13-6-4-7-14(21)10-13/h4-11H,3H2,1-2H3,(H,22,25)(H,23,26). The van der Waals surface area contributed by atoms with Crippen LogP contribution in [0.4, 0.5) is 16.2 Å². The maximum Gasteiger partial charge on any atom is 0.411 e. The van der Waals surface area contributed by atoms with Crippen molar-refractivity contribution in [3.63, 3.8) is 0 Å². The fraction of sp³-hybridized carbons (Fsp3) is 0.150. The molecule has 0 aliphatic carbocycles. The van der Waals surface area contributed by atoms with Gasteiger partial charge in [0.15, 0.2) is 11.5 Å². The Kier molecular flexibility index (Phi) is 5.96. The van der Waals surface area contributed by atoms with Crippen LogP contribution in [0.25, 0.3) is 11.3 Å². The number of hydrogen-bond acceptors (Lipinski definition) is 5. The highest BCUT2D eigenvalue weighted by Crippen LogP contribution is 2.26. The molecule has 0 saturated carbocycles. The molecule has 3 aromatic rings. The molecule has 1 heterocycles. The second-order valence-corrected chi connectivity index (χ2v) is 6.30. The number of rotatable bonds is 5. The molecule has 1 aromatic heterocycles. The summed E-state index contributed by atoms with van der Waals surface area (Å²) in [6.07, 6.45) is -0.559. The van der Waals surface area contributed by atoms with Crippen molar-refractivity contribution in [3.8, 4) is 11.3 Å². The minimum absolute atomic E-state index is 0.123. The number of ether oxygens (including phenoxy) is 1. The summed E-state index contributed by atoms with van der Waals surface area (Å²) in [4.78, 5) is 24.2. The molecule has 28 heavy (non-hydrogen) atoms. The van der Waals surface area contributed by atoms with Crippen LogP contribution in [0.5, 0.6) is 0 Å². The Morgan fingerprint density at radius 1 is 1.11 bits per heavy atom. The first-order chi connectivity index (χ1) is 13.5. The van der Waals surface area contributed by atoms with E-state index in [1.807, 2.05) is 6.07 Å². The highest BCUT2D eigenvalue weighted by Gasteiger charge is 2.16. The van der Waals surface area contributed by atoms with Crippen molar-refractivity contribution in [2.24, 2.45) is 0 Å². The lowest BCUT2D eigenvalue weighted by Crippen LogP contribution is -2.16. The molecule has 2 N–H and O–H groups in total. The monoisotopic (exact) mass is 399 g/mol. The van der Waals surface area contributed by atoms with Gasteiger partial charge in [-0.2, -0.15) is 0 Å². The minimum Gasteiger partial charge on any atom is -0.450 e. The second kappa shape index (κ2) is 8.58. The first-order valence-corrected chi connectivity index (χ1v) is 8.93. The Labute approximate surface area is 166 Å². The van der Waals surface area contributed by atoms with Gasteiger partial charge in [0.2, 0.25) is 0 Å². The normalized spacial score (nSPS) is 10.4. The zero-order valence-corrected chi connectivity index (χ0v) is 16.0. The van der Waals surface area contributed by atoms with Crippen molar-refractivity contribution in [2.45, 2.75) is 13.8 Å². The predicted octanol–water partition coefficient (Wildman–Crippen LogP) is 5.12. The number of nitrogens with zero attached hydrogens (tertiary/aromatic N) is 1. The molecular formula is C20H18ClN3O4. The van der Waals surface area contributed by atoms with Gasteiger partial charge in [-0.05, 0) is 43.7 Å². The van der Waals surface area contributed by atoms with E-state index in [2.05, 4.69) is 15.8 Å². The summed E-state index contributed by atoms with van der Waals surface area (Å²) in [6, 6.07) is 13.7. The fourth-order valence-corrected chi connectivity index (χ4v) is 2.72. The number of hydrogen-bond donors (Lipinski definition) is 2. The van der Waals surface area contributed by atoms with Gasteiger partial charge in [-0.15, -0.1) is 0 Å². The van der Waals surface area contributed by atoms with Crippen LogP contribution in [0, 0.1) is 6.92 Å². The molecule has 3 rings (SSSR count). The molecule has 0 radical (unpaired) electrons. The van der Waals surface area contributed by atoms with Gasteiger partial charge in [0.05, 0.1) is 6.61 Å². The SMILES string of the molecule is CCOC(=O)Nc1cccc(NC(=O)c2cc(-c3cccc(Cl)c3)on2)c1C. The van der Waals surface area contributed by atoms with Gasteiger partial charge in [-0.3, -0.25) is 10.1 Å². The second-order valence-electron chi connectivity index (χ2n) is 5.86. The number of nitrogens with one attached hydrogen (secondary N) is 2. The van der Waals surface area contributed by atoms with Gasteiger partial charge in [-0.1, -0.05) is 35.0 Å². The van der Waals surface area contributed by atoms with Crippen LogP contribution in [0.15, 0.2) is 53.1 Å². The fourth-order valence-electron chi connectivity index (χ4n) is 2.53. The summed E-state index contributed by atoms with van der Waals surface area (Å²) in [5, 5.41) is 9.79. The lowest BCUT2D eigenvalue weighted by Gasteiger charge is -2.12. The van der Waals surface area contributed by atoms with E-state index in [1.165, 1.54) is 6.07 Å². The zero-order chi connectivity index (χ0) is 20.1. The van der Waals surface area contributed by atoms with Crippen LogP contribution in [-0.4, -0.2) is 23.8 Å². The van der Waals surface area contributed by atoms with E-state index in [0.717, 1.165) is 5.56 Å². The van der Waals surface area contributed by atoms with Crippen LogP contribution in [0.1, 0.15) is 23.0 Å². The largest absolute Gasteiger partial charge is 0.450 e. The van der Waals surface area contributed by atoms with Gasteiger partial charge >= 0.3 is 6.09 Å². The lowest BCUT2D eigenvalue weighted by molar-refractivity contribution is 0.101. The first-order valence-electron chi connectivity index (χ1n) is 8.55. The zero-order valence-electron chi connectivity index (χ0n) is 15.3. The predicted molar refractivity (Wildman–Crippen MR) is 107 cm³/mol. The summed E-state index contributed by atoms with van der Waals surface area (Å²) in [5.74, 6) is -0.00415. The number of benzene rings is 2. The minimum atomic E-state index is -0.559. The highest BCUT2D eigenvalue weighted by atomic mass is 35.5.